The lowest BCUT2D eigenvalue weighted by atomic mass is 10.2. The van der Waals surface area contributed by atoms with Gasteiger partial charge in [0.1, 0.15) is 24.1 Å². The second-order valence-electron chi connectivity index (χ2n) is 2.91. The van der Waals surface area contributed by atoms with Crippen molar-refractivity contribution in [1.29, 1.82) is 0 Å². The summed E-state index contributed by atoms with van der Waals surface area (Å²) in [5.74, 6) is -13.1. The summed E-state index contributed by atoms with van der Waals surface area (Å²) in [5, 5.41) is 41.8. The monoisotopic (exact) mass is 246 g/mol. The number of carboxylic acid groups (broad SMARTS) is 4. The van der Waals surface area contributed by atoms with Gasteiger partial charge in [0, 0.05) is 0 Å². The van der Waals surface area contributed by atoms with Crippen LogP contribution in [0, 0.1) is 0 Å². The van der Waals surface area contributed by atoms with E-state index < -0.39 is 41.9 Å². The molecule has 0 aromatic carbocycles. The van der Waals surface area contributed by atoms with Crippen molar-refractivity contribution < 1.29 is 49.1 Å². The molecule has 94 valence electrons. The molecule has 2 atom stereocenters. The minimum absolute atomic E-state index is 2.19. The van der Waals surface area contributed by atoms with Crippen LogP contribution in [-0.2, 0) is 28.7 Å². The molecule has 0 bridgehead atoms. The average molecular weight is 246 g/mol. The van der Waals surface area contributed by atoms with Gasteiger partial charge >= 0.3 is 0 Å². The number of ether oxygens (including phenoxy) is 2. The van der Waals surface area contributed by atoms with Crippen molar-refractivity contribution in [3.8, 4) is 0 Å². The fourth-order valence-electron chi connectivity index (χ4n) is 1.13. The maximum Gasteiger partial charge on any atom is 0.253 e. The van der Waals surface area contributed by atoms with Gasteiger partial charge in [0.25, 0.3) is 5.79 Å². The number of carbonyl (C=O) groups excluding carboxylic acids is 4. The predicted octanol–water partition coefficient (Wildman–Crippen LogP) is -7.53. The second kappa shape index (κ2) is 3.99. The fourth-order valence-corrected chi connectivity index (χ4v) is 1.13. The van der Waals surface area contributed by atoms with Crippen molar-refractivity contribution in [2.75, 3.05) is 0 Å². The summed E-state index contributed by atoms with van der Waals surface area (Å²) >= 11 is 0. The van der Waals surface area contributed by atoms with Crippen LogP contribution in [0.2, 0.25) is 0 Å². The number of carboxylic acids is 4. The molecule has 0 N–H and O–H groups in total. The Kier molecular flexibility index (Phi) is 3.02. The molecule has 2 unspecified atom stereocenters. The molecule has 0 aliphatic carbocycles. The maximum absolute atomic E-state index is 10.5. The number of hydrogen-bond acceptors (Lipinski definition) is 10. The van der Waals surface area contributed by atoms with E-state index in [0.29, 0.717) is 0 Å². The third-order valence-electron chi connectivity index (χ3n) is 1.86. The van der Waals surface area contributed by atoms with E-state index in [1.54, 1.807) is 0 Å². The van der Waals surface area contributed by atoms with Gasteiger partial charge in [-0.25, -0.2) is 0 Å². The Morgan fingerprint density at radius 2 is 1.06 bits per heavy atom. The van der Waals surface area contributed by atoms with Crippen LogP contribution < -0.4 is 20.4 Å². The van der Waals surface area contributed by atoms with E-state index in [1.807, 2.05) is 0 Å². The van der Waals surface area contributed by atoms with Crippen molar-refractivity contribution in [1.82, 2.24) is 0 Å². The van der Waals surface area contributed by atoms with E-state index >= 15 is 0 Å². The van der Waals surface area contributed by atoms with Gasteiger partial charge in [-0.2, -0.15) is 0 Å². The van der Waals surface area contributed by atoms with Gasteiger partial charge < -0.3 is 49.1 Å². The second-order valence-corrected chi connectivity index (χ2v) is 2.91. The van der Waals surface area contributed by atoms with Crippen LogP contribution >= 0.6 is 0 Å². The first-order chi connectivity index (χ1) is 7.72. The highest BCUT2D eigenvalue weighted by molar-refractivity contribution is 6.00. The Morgan fingerprint density at radius 1 is 0.765 bits per heavy atom. The van der Waals surface area contributed by atoms with E-state index in [0.717, 1.165) is 0 Å². The average Bonchev–Trinajstić information content (AvgIpc) is 2.58. The normalized spacial score (nSPS) is 26.4. The highest BCUT2D eigenvalue weighted by atomic mass is 16.8. The Labute approximate surface area is 92.0 Å². The highest BCUT2D eigenvalue weighted by Crippen LogP contribution is 2.28. The van der Waals surface area contributed by atoms with Crippen LogP contribution in [0.4, 0.5) is 0 Å². The molecule has 17 heavy (non-hydrogen) atoms. The summed E-state index contributed by atoms with van der Waals surface area (Å²) in [4.78, 5) is 41.8. The van der Waals surface area contributed by atoms with Crippen molar-refractivity contribution in [2.24, 2.45) is 0 Å². The third kappa shape index (κ3) is 1.90. The lowest BCUT2D eigenvalue weighted by Crippen LogP contribution is -2.61. The van der Waals surface area contributed by atoms with E-state index in [9.17, 15) is 39.6 Å². The first-order valence-electron chi connectivity index (χ1n) is 3.92. The molecule has 10 heteroatoms. The van der Waals surface area contributed by atoms with Gasteiger partial charge in [-0.15, -0.1) is 0 Å². The van der Waals surface area contributed by atoms with E-state index in [-0.39, 0.29) is 0 Å². The van der Waals surface area contributed by atoms with E-state index in [2.05, 4.69) is 9.47 Å². The molecule has 0 aromatic heterocycles. The van der Waals surface area contributed by atoms with Crippen LogP contribution in [-0.4, -0.2) is 41.9 Å². The molecule has 1 fully saturated rings. The summed E-state index contributed by atoms with van der Waals surface area (Å²) in [6.07, 6.45) is -4.95. The Morgan fingerprint density at radius 3 is 1.24 bits per heavy atom. The zero-order chi connectivity index (χ0) is 13.4. The lowest BCUT2D eigenvalue weighted by Gasteiger charge is -2.29. The van der Waals surface area contributed by atoms with Crippen molar-refractivity contribution in [3.05, 3.63) is 0 Å². The largest absolute Gasteiger partial charge is 0.547 e. The molecule has 0 saturated carbocycles. The summed E-state index contributed by atoms with van der Waals surface area (Å²) in [5.41, 5.74) is 0. The van der Waals surface area contributed by atoms with E-state index in [4.69, 9.17) is 0 Å². The fraction of sp³-hybridized carbons (Fsp3) is 0.429. The van der Waals surface area contributed by atoms with Crippen molar-refractivity contribution in [3.63, 3.8) is 0 Å². The van der Waals surface area contributed by atoms with Gasteiger partial charge in [-0.1, -0.05) is 0 Å². The Bertz CT molecular complexity index is 359. The van der Waals surface area contributed by atoms with Crippen LogP contribution in [0.3, 0.4) is 0 Å². The zero-order valence-electron chi connectivity index (χ0n) is 7.74. The third-order valence-corrected chi connectivity index (χ3v) is 1.86. The maximum atomic E-state index is 10.5. The van der Waals surface area contributed by atoms with E-state index in [1.165, 1.54) is 0 Å². The molecule has 1 aliphatic rings. The molecule has 1 heterocycles. The molecule has 0 spiro atoms. The minimum Gasteiger partial charge on any atom is -0.547 e. The number of rotatable bonds is 4. The van der Waals surface area contributed by atoms with Gasteiger partial charge in [-0.05, 0) is 0 Å². The number of carbonyl (C=O) groups is 4. The van der Waals surface area contributed by atoms with Crippen molar-refractivity contribution >= 4 is 23.9 Å². The molecule has 1 saturated heterocycles. The quantitative estimate of drug-likeness (QED) is 0.432. The molecule has 0 aromatic rings. The van der Waals surface area contributed by atoms with Gasteiger partial charge in [0.05, 0.1) is 11.9 Å². The van der Waals surface area contributed by atoms with Crippen LogP contribution in [0.15, 0.2) is 0 Å². The minimum atomic E-state index is -3.63. The molecule has 10 nitrogen and oxygen atoms in total. The lowest BCUT2D eigenvalue weighted by molar-refractivity contribution is -0.376. The summed E-state index contributed by atoms with van der Waals surface area (Å²) in [7, 11) is 0. The number of hydrogen-bond donors (Lipinski definition) is 0. The number of aliphatic carboxylic acids is 4. The molecular weight excluding hydrogens is 244 g/mol. The molecule has 1 rings (SSSR count). The van der Waals surface area contributed by atoms with Crippen LogP contribution in [0.5, 0.6) is 0 Å². The van der Waals surface area contributed by atoms with Crippen LogP contribution in [0.1, 0.15) is 0 Å². The molecule has 0 amide bonds. The Hall–Kier alpha value is -2.20. The van der Waals surface area contributed by atoms with Gasteiger partial charge in [-0.3, -0.25) is 0 Å². The summed E-state index contributed by atoms with van der Waals surface area (Å²) in [6.45, 7) is 0. The zero-order valence-corrected chi connectivity index (χ0v) is 7.74. The van der Waals surface area contributed by atoms with Crippen LogP contribution in [0.25, 0.3) is 0 Å². The molecular formula is C7H2O10-4. The SMILES string of the molecule is O=C([O-])C1OC(C(=O)[O-])(C(=O)[O-])OC1C(=O)[O-]. The van der Waals surface area contributed by atoms with Gasteiger partial charge in [0.15, 0.2) is 0 Å². The topological polar surface area (TPSA) is 179 Å². The smallest absolute Gasteiger partial charge is 0.253 e. The molecule has 1 aliphatic heterocycles. The summed E-state index contributed by atoms with van der Waals surface area (Å²) < 4.78 is 7.96. The standard InChI is InChI=1S/C7H6O10/c8-3(9)1-2(4(10)11)17-7(16-1,5(12)13)6(14)15/h1-2H,(H,8,9)(H,10,11)(H,12,13)(H,14,15)/p-4. The molecule has 0 radical (unpaired) electrons. The van der Waals surface area contributed by atoms with Gasteiger partial charge in [0.2, 0.25) is 0 Å². The first-order valence-corrected chi connectivity index (χ1v) is 3.92. The highest BCUT2D eigenvalue weighted by Gasteiger charge is 2.51. The Balaban J connectivity index is 3.17. The predicted molar refractivity (Wildman–Crippen MR) is 32.5 cm³/mol. The first kappa shape index (κ1) is 12.9. The summed E-state index contributed by atoms with van der Waals surface area (Å²) in [6, 6.07) is 0. The van der Waals surface area contributed by atoms with Crippen molar-refractivity contribution in [2.45, 2.75) is 18.0 Å².